The Morgan fingerprint density at radius 1 is 1.02 bits per heavy atom. The molecule has 1 fully saturated rings. The molecule has 0 aliphatic carbocycles. The minimum Gasteiger partial charge on any atom is -0.497 e. The van der Waals surface area contributed by atoms with Crippen LogP contribution >= 0.6 is 0 Å². The van der Waals surface area contributed by atoms with E-state index in [0.717, 1.165) is 39.3 Å². The van der Waals surface area contributed by atoms with Crippen molar-refractivity contribution >= 4 is 23.1 Å². The van der Waals surface area contributed by atoms with Crippen LogP contribution in [0.3, 0.4) is 0 Å². The fourth-order valence-electron chi connectivity index (χ4n) is 8.69. The molecule has 1 saturated heterocycles. The van der Waals surface area contributed by atoms with Gasteiger partial charge in [-0.1, -0.05) is 69.3 Å². The summed E-state index contributed by atoms with van der Waals surface area (Å²) in [6, 6.07) is 21.7. The summed E-state index contributed by atoms with van der Waals surface area (Å²) in [5.74, 6) is 0.602. The van der Waals surface area contributed by atoms with E-state index in [-0.39, 0.29) is 43.2 Å². The lowest BCUT2D eigenvalue weighted by molar-refractivity contribution is -0.150. The molecule has 0 bridgehead atoms. The Balaban J connectivity index is 1.48. The SMILES string of the molecule is COc1ccc(C(C)(C)[C@@H]2[C@@H](CC(=O)N(CCO)Cc3ccccc3)O[C@]3(C(=O)N4c5c(cc(OC)cc53)C(C)=CC4(C)C)[C@H]2C)cc1. The Labute approximate surface area is 284 Å². The van der Waals surface area contributed by atoms with Gasteiger partial charge in [0.25, 0.3) is 5.91 Å². The van der Waals surface area contributed by atoms with E-state index in [4.69, 9.17) is 14.2 Å². The van der Waals surface area contributed by atoms with Crippen LogP contribution < -0.4 is 14.4 Å². The molecule has 0 saturated carbocycles. The predicted molar refractivity (Wildman–Crippen MR) is 187 cm³/mol. The highest BCUT2D eigenvalue weighted by atomic mass is 16.5. The van der Waals surface area contributed by atoms with Gasteiger partial charge in [0, 0.05) is 36.1 Å². The van der Waals surface area contributed by atoms with Gasteiger partial charge in [-0.3, -0.25) is 14.5 Å². The van der Waals surface area contributed by atoms with Crippen LogP contribution in [0.15, 0.2) is 72.8 Å². The first-order valence-corrected chi connectivity index (χ1v) is 16.8. The number of carbonyl (C=O) groups is 2. The Hall–Kier alpha value is -4.14. The molecule has 254 valence electrons. The molecule has 2 amide bonds. The largest absolute Gasteiger partial charge is 0.497 e. The molecule has 3 aliphatic rings. The molecular formula is C40H48N2O6. The molecule has 0 unspecified atom stereocenters. The standard InChI is InChI=1S/C40H48N2O6/c1-25-23-38(3,4)42-36-31(25)20-30(47-8)21-32(36)40(37(42)45)26(2)35(39(5,6)28-14-16-29(46-7)17-15-28)33(48-40)22-34(44)41(18-19-43)24-27-12-10-9-11-13-27/h9-17,20-21,23,26,33,35,43H,18-19,22,24H2,1-8H3/t26-,33+,35-,40+/m0/s1. The maximum absolute atomic E-state index is 15.1. The lowest BCUT2D eigenvalue weighted by Crippen LogP contribution is -2.53. The average Bonchev–Trinajstić information content (AvgIpc) is 3.50. The molecule has 1 N–H and O–H groups in total. The summed E-state index contributed by atoms with van der Waals surface area (Å²) in [5.41, 5.74) is 3.27. The van der Waals surface area contributed by atoms with Gasteiger partial charge in [-0.15, -0.1) is 0 Å². The number of benzene rings is 3. The molecule has 0 aromatic heterocycles. The summed E-state index contributed by atoms with van der Waals surface area (Å²) in [5, 5.41) is 9.96. The van der Waals surface area contributed by atoms with E-state index in [1.807, 2.05) is 59.5 Å². The number of fused-ring (bicyclic) bond motifs is 1. The molecule has 3 heterocycles. The number of anilines is 1. The summed E-state index contributed by atoms with van der Waals surface area (Å²) in [6.45, 7) is 13.0. The van der Waals surface area contributed by atoms with Gasteiger partial charge in [0.1, 0.15) is 11.5 Å². The summed E-state index contributed by atoms with van der Waals surface area (Å²) < 4.78 is 18.5. The van der Waals surface area contributed by atoms with Crippen LogP contribution in [0, 0.1) is 11.8 Å². The molecule has 3 aromatic rings. The highest BCUT2D eigenvalue weighted by Gasteiger charge is 2.68. The highest BCUT2D eigenvalue weighted by molar-refractivity contribution is 6.12. The highest BCUT2D eigenvalue weighted by Crippen LogP contribution is 2.63. The van der Waals surface area contributed by atoms with Crippen LogP contribution in [0.25, 0.3) is 5.57 Å². The second kappa shape index (κ2) is 12.4. The van der Waals surface area contributed by atoms with Crippen molar-refractivity contribution in [2.75, 3.05) is 32.3 Å². The fourth-order valence-corrected chi connectivity index (χ4v) is 8.69. The smallest absolute Gasteiger partial charge is 0.265 e. The van der Waals surface area contributed by atoms with Crippen molar-refractivity contribution < 1.29 is 28.9 Å². The second-order valence-corrected chi connectivity index (χ2v) is 14.6. The monoisotopic (exact) mass is 652 g/mol. The Morgan fingerprint density at radius 2 is 1.69 bits per heavy atom. The first kappa shape index (κ1) is 33.7. The van der Waals surface area contributed by atoms with Crippen LogP contribution in [0.5, 0.6) is 11.5 Å². The molecule has 1 spiro atoms. The third-order valence-electron chi connectivity index (χ3n) is 10.9. The lowest BCUT2D eigenvalue weighted by atomic mass is 9.63. The van der Waals surface area contributed by atoms with Crippen LogP contribution in [0.2, 0.25) is 0 Å². The first-order chi connectivity index (χ1) is 22.8. The van der Waals surface area contributed by atoms with Crippen molar-refractivity contribution in [2.45, 2.75) is 77.2 Å². The van der Waals surface area contributed by atoms with Crippen molar-refractivity contribution in [3.8, 4) is 11.5 Å². The van der Waals surface area contributed by atoms with E-state index in [1.54, 1.807) is 19.1 Å². The number of amides is 2. The predicted octanol–water partition coefficient (Wildman–Crippen LogP) is 6.48. The second-order valence-electron chi connectivity index (χ2n) is 14.6. The number of methoxy groups -OCH3 is 2. The average molecular weight is 653 g/mol. The number of aliphatic hydroxyl groups excluding tert-OH is 1. The van der Waals surface area contributed by atoms with Crippen LogP contribution in [0.1, 0.15) is 70.2 Å². The Morgan fingerprint density at radius 3 is 2.31 bits per heavy atom. The number of nitrogens with zero attached hydrogens (tertiary/aromatic N) is 2. The zero-order valence-electron chi connectivity index (χ0n) is 29.4. The third-order valence-corrected chi connectivity index (χ3v) is 10.9. The number of allylic oxidation sites excluding steroid dienone is 1. The van der Waals surface area contributed by atoms with E-state index in [0.29, 0.717) is 12.3 Å². The molecular weight excluding hydrogens is 604 g/mol. The van der Waals surface area contributed by atoms with E-state index in [1.165, 1.54) is 0 Å². The van der Waals surface area contributed by atoms with E-state index in [9.17, 15) is 9.90 Å². The zero-order chi connectivity index (χ0) is 34.6. The summed E-state index contributed by atoms with van der Waals surface area (Å²) >= 11 is 0. The van der Waals surface area contributed by atoms with Crippen LogP contribution in [-0.2, 0) is 31.9 Å². The van der Waals surface area contributed by atoms with Gasteiger partial charge in [0.15, 0.2) is 5.60 Å². The number of hydrogen-bond donors (Lipinski definition) is 1. The first-order valence-electron chi connectivity index (χ1n) is 16.8. The maximum Gasteiger partial charge on any atom is 0.265 e. The van der Waals surface area contributed by atoms with E-state index in [2.05, 4.69) is 59.8 Å². The number of ether oxygens (including phenoxy) is 3. The number of rotatable bonds is 10. The van der Waals surface area contributed by atoms with E-state index >= 15 is 4.79 Å². The molecule has 0 radical (unpaired) electrons. The molecule has 3 aliphatic heterocycles. The van der Waals surface area contributed by atoms with Crippen LogP contribution in [0.4, 0.5) is 5.69 Å². The summed E-state index contributed by atoms with van der Waals surface area (Å²) in [4.78, 5) is 33.0. The van der Waals surface area contributed by atoms with Gasteiger partial charge < -0.3 is 24.2 Å². The normalized spacial score (nSPS) is 24.0. The third kappa shape index (κ3) is 5.30. The number of hydrogen-bond acceptors (Lipinski definition) is 6. The fraction of sp³-hybridized carbons (Fsp3) is 0.450. The molecule has 4 atom stereocenters. The van der Waals surface area contributed by atoms with Gasteiger partial charge in [0.2, 0.25) is 5.91 Å². The maximum atomic E-state index is 15.1. The van der Waals surface area contributed by atoms with Gasteiger partial charge in [-0.2, -0.15) is 0 Å². The summed E-state index contributed by atoms with van der Waals surface area (Å²) in [6.07, 6.45) is 1.58. The van der Waals surface area contributed by atoms with E-state index < -0.39 is 22.7 Å². The minimum atomic E-state index is -1.34. The van der Waals surface area contributed by atoms with Crippen molar-refractivity contribution in [1.29, 1.82) is 0 Å². The lowest BCUT2D eigenvalue weighted by Gasteiger charge is -2.40. The Bertz CT molecular complexity index is 1730. The van der Waals surface area contributed by atoms with Crippen molar-refractivity contribution in [3.05, 3.63) is 95.1 Å². The zero-order valence-corrected chi connectivity index (χ0v) is 29.4. The Kier molecular flexibility index (Phi) is 8.71. The van der Waals surface area contributed by atoms with Gasteiger partial charge in [-0.25, -0.2) is 0 Å². The van der Waals surface area contributed by atoms with Crippen LogP contribution in [-0.4, -0.2) is 60.8 Å². The minimum absolute atomic E-state index is 0.0588. The molecule has 8 nitrogen and oxygen atoms in total. The molecule has 6 rings (SSSR count). The quantitative estimate of drug-likeness (QED) is 0.270. The molecule has 8 heteroatoms. The van der Waals surface area contributed by atoms with Gasteiger partial charge in [0.05, 0.1) is 44.6 Å². The van der Waals surface area contributed by atoms with Crippen molar-refractivity contribution in [3.63, 3.8) is 0 Å². The number of carbonyl (C=O) groups excluding carboxylic acids is 2. The van der Waals surface area contributed by atoms with Gasteiger partial charge >= 0.3 is 0 Å². The molecule has 3 aromatic carbocycles. The van der Waals surface area contributed by atoms with Crippen molar-refractivity contribution in [1.82, 2.24) is 4.90 Å². The van der Waals surface area contributed by atoms with Gasteiger partial charge in [-0.05, 0) is 67.2 Å². The molecule has 48 heavy (non-hydrogen) atoms. The van der Waals surface area contributed by atoms with Crippen molar-refractivity contribution in [2.24, 2.45) is 11.8 Å². The topological polar surface area (TPSA) is 88.5 Å². The summed E-state index contributed by atoms with van der Waals surface area (Å²) in [7, 11) is 3.29. The number of aliphatic hydroxyl groups is 1.